The minimum absolute atomic E-state index is 0.266. The summed E-state index contributed by atoms with van der Waals surface area (Å²) in [5.41, 5.74) is 0.345. The summed E-state index contributed by atoms with van der Waals surface area (Å²) >= 11 is 0. The Balaban J connectivity index is 2.36. The number of rotatable bonds is 6. The number of benzene rings is 1. The Kier molecular flexibility index (Phi) is 5.15. The highest BCUT2D eigenvalue weighted by Crippen LogP contribution is 2.35. The smallest absolute Gasteiger partial charge is 0.243 e. The van der Waals surface area contributed by atoms with Crippen LogP contribution in [0.15, 0.2) is 30.9 Å². The highest BCUT2D eigenvalue weighted by molar-refractivity contribution is 7.92. The molecule has 0 saturated heterocycles. The Bertz CT molecular complexity index is 702. The van der Waals surface area contributed by atoms with Crippen molar-refractivity contribution in [1.82, 2.24) is 5.32 Å². The Morgan fingerprint density at radius 3 is 2.65 bits per heavy atom. The van der Waals surface area contributed by atoms with Crippen molar-refractivity contribution >= 4 is 21.6 Å². The molecule has 1 aliphatic rings. The van der Waals surface area contributed by atoms with E-state index in [1.165, 1.54) is 13.0 Å². The van der Waals surface area contributed by atoms with Crippen molar-refractivity contribution in [2.24, 2.45) is 0 Å². The molecule has 23 heavy (non-hydrogen) atoms. The first kappa shape index (κ1) is 17.1. The van der Waals surface area contributed by atoms with Crippen LogP contribution in [0, 0.1) is 0 Å². The topological polar surface area (TPSA) is 84.9 Å². The van der Waals surface area contributed by atoms with E-state index in [9.17, 15) is 13.2 Å². The van der Waals surface area contributed by atoms with Crippen molar-refractivity contribution < 1.29 is 22.7 Å². The second-order valence-electron chi connectivity index (χ2n) is 5.10. The quantitative estimate of drug-likeness (QED) is 0.778. The first-order valence-electron chi connectivity index (χ1n) is 7.12. The van der Waals surface area contributed by atoms with E-state index in [2.05, 4.69) is 11.9 Å². The van der Waals surface area contributed by atoms with E-state index in [0.717, 1.165) is 10.6 Å². The average Bonchev–Trinajstić information content (AvgIpc) is 2.51. The lowest BCUT2D eigenvalue weighted by Crippen LogP contribution is -2.47. The Morgan fingerprint density at radius 1 is 1.39 bits per heavy atom. The molecule has 1 atom stereocenters. The van der Waals surface area contributed by atoms with Gasteiger partial charge in [0.1, 0.15) is 19.3 Å². The fourth-order valence-electron chi connectivity index (χ4n) is 2.30. The third-order valence-corrected chi connectivity index (χ3v) is 4.53. The summed E-state index contributed by atoms with van der Waals surface area (Å²) in [4.78, 5) is 12.1. The van der Waals surface area contributed by atoms with Gasteiger partial charge in [0, 0.05) is 12.6 Å². The largest absolute Gasteiger partial charge is 0.486 e. The van der Waals surface area contributed by atoms with Crippen molar-refractivity contribution in [2.45, 2.75) is 13.0 Å². The number of hydrogen-bond acceptors (Lipinski definition) is 5. The van der Waals surface area contributed by atoms with E-state index < -0.39 is 22.0 Å². The van der Waals surface area contributed by atoms with Gasteiger partial charge in [0.25, 0.3) is 0 Å². The SMILES string of the molecule is C=CCNC(=O)[C@@H](C)N(c1ccc2c(c1)OCCO2)S(C)(=O)=O. The van der Waals surface area contributed by atoms with Crippen molar-refractivity contribution in [1.29, 1.82) is 0 Å². The molecule has 8 heteroatoms. The number of nitrogens with one attached hydrogen (secondary N) is 1. The van der Waals surface area contributed by atoms with Gasteiger partial charge in [-0.05, 0) is 19.1 Å². The third kappa shape index (κ3) is 3.95. The maximum Gasteiger partial charge on any atom is 0.243 e. The number of amides is 1. The zero-order chi connectivity index (χ0) is 17.0. The summed E-state index contributed by atoms with van der Waals surface area (Å²) in [5.74, 6) is 0.600. The highest BCUT2D eigenvalue weighted by atomic mass is 32.2. The first-order valence-corrected chi connectivity index (χ1v) is 8.97. The lowest BCUT2D eigenvalue weighted by atomic mass is 10.2. The van der Waals surface area contributed by atoms with Crippen LogP contribution in [0.3, 0.4) is 0 Å². The van der Waals surface area contributed by atoms with Crippen molar-refractivity contribution in [3.63, 3.8) is 0 Å². The van der Waals surface area contributed by atoms with Crippen LogP contribution in [0.4, 0.5) is 5.69 Å². The maximum atomic E-state index is 12.2. The molecule has 0 unspecified atom stereocenters. The molecule has 0 radical (unpaired) electrons. The van der Waals surface area contributed by atoms with Crippen LogP contribution in [-0.2, 0) is 14.8 Å². The monoisotopic (exact) mass is 340 g/mol. The molecule has 1 heterocycles. The van der Waals surface area contributed by atoms with Gasteiger partial charge in [-0.15, -0.1) is 6.58 Å². The van der Waals surface area contributed by atoms with E-state index >= 15 is 0 Å². The summed E-state index contributed by atoms with van der Waals surface area (Å²) in [5, 5.41) is 2.60. The zero-order valence-corrected chi connectivity index (χ0v) is 13.9. The molecule has 7 nitrogen and oxygen atoms in total. The number of carbonyl (C=O) groups excluding carboxylic acids is 1. The molecule has 1 aromatic carbocycles. The first-order chi connectivity index (χ1) is 10.8. The second kappa shape index (κ2) is 6.91. The van der Waals surface area contributed by atoms with Crippen LogP contribution in [0.5, 0.6) is 11.5 Å². The van der Waals surface area contributed by atoms with Crippen LogP contribution >= 0.6 is 0 Å². The van der Waals surface area contributed by atoms with Gasteiger partial charge in [-0.3, -0.25) is 9.10 Å². The molecule has 0 aromatic heterocycles. The maximum absolute atomic E-state index is 12.2. The summed E-state index contributed by atoms with van der Waals surface area (Å²) in [7, 11) is -3.66. The van der Waals surface area contributed by atoms with Crippen LogP contribution in [0.2, 0.25) is 0 Å². The van der Waals surface area contributed by atoms with Crippen molar-refractivity contribution in [3.05, 3.63) is 30.9 Å². The fraction of sp³-hybridized carbons (Fsp3) is 0.400. The zero-order valence-electron chi connectivity index (χ0n) is 13.1. The Hall–Kier alpha value is -2.22. The summed E-state index contributed by atoms with van der Waals surface area (Å²) in [6.45, 7) is 6.15. The van der Waals surface area contributed by atoms with E-state index in [-0.39, 0.29) is 6.54 Å². The molecule has 2 rings (SSSR count). The molecule has 0 aliphatic carbocycles. The van der Waals surface area contributed by atoms with E-state index in [1.807, 2.05) is 0 Å². The lowest BCUT2D eigenvalue weighted by Gasteiger charge is -2.29. The minimum atomic E-state index is -3.66. The Labute approximate surface area is 135 Å². The number of nitrogens with zero attached hydrogens (tertiary/aromatic N) is 1. The van der Waals surface area contributed by atoms with Gasteiger partial charge in [-0.2, -0.15) is 0 Å². The van der Waals surface area contributed by atoms with Gasteiger partial charge in [0.05, 0.1) is 11.9 Å². The van der Waals surface area contributed by atoms with Crippen LogP contribution in [0.1, 0.15) is 6.92 Å². The fourth-order valence-corrected chi connectivity index (χ4v) is 3.47. The van der Waals surface area contributed by atoms with Crippen LogP contribution in [0.25, 0.3) is 0 Å². The minimum Gasteiger partial charge on any atom is -0.486 e. The van der Waals surface area contributed by atoms with Crippen molar-refractivity contribution in [2.75, 3.05) is 30.3 Å². The number of sulfonamides is 1. The molecule has 0 fully saturated rings. The molecule has 1 N–H and O–H groups in total. The number of anilines is 1. The number of carbonyl (C=O) groups is 1. The molecule has 126 valence electrons. The molecule has 1 aliphatic heterocycles. The van der Waals surface area contributed by atoms with Crippen LogP contribution in [-0.4, -0.2) is 46.4 Å². The standard InChI is InChI=1S/C15H20N2O5S/c1-4-7-16-15(18)11(2)17(23(3,19)20)12-5-6-13-14(10-12)22-9-8-21-13/h4-6,10-11H,1,7-9H2,2-3H3,(H,16,18)/t11-/m1/s1. The summed E-state index contributed by atoms with van der Waals surface area (Å²) < 4.78 is 36.3. The van der Waals surface area contributed by atoms with Gasteiger partial charge in [0.2, 0.25) is 15.9 Å². The summed E-state index contributed by atoms with van der Waals surface area (Å²) in [6.07, 6.45) is 2.58. The van der Waals surface area contributed by atoms with Crippen LogP contribution < -0.4 is 19.1 Å². The van der Waals surface area contributed by atoms with E-state index in [0.29, 0.717) is 30.4 Å². The third-order valence-electron chi connectivity index (χ3n) is 3.29. The molecule has 1 aromatic rings. The van der Waals surface area contributed by atoms with Gasteiger partial charge in [-0.1, -0.05) is 6.08 Å². The molecule has 0 saturated carbocycles. The number of ether oxygens (including phenoxy) is 2. The molecule has 0 spiro atoms. The second-order valence-corrected chi connectivity index (χ2v) is 6.96. The van der Waals surface area contributed by atoms with E-state index in [4.69, 9.17) is 9.47 Å². The summed E-state index contributed by atoms with van der Waals surface area (Å²) in [6, 6.07) is 3.88. The van der Waals surface area contributed by atoms with Gasteiger partial charge >= 0.3 is 0 Å². The van der Waals surface area contributed by atoms with E-state index in [1.54, 1.807) is 18.2 Å². The average molecular weight is 340 g/mol. The normalized spacial score (nSPS) is 14.7. The Morgan fingerprint density at radius 2 is 2.04 bits per heavy atom. The predicted molar refractivity (Wildman–Crippen MR) is 87.4 cm³/mol. The molecular formula is C15H20N2O5S. The predicted octanol–water partition coefficient (Wildman–Crippen LogP) is 0.915. The van der Waals surface area contributed by atoms with Gasteiger partial charge < -0.3 is 14.8 Å². The number of hydrogen-bond donors (Lipinski definition) is 1. The van der Waals surface area contributed by atoms with Gasteiger partial charge in [-0.25, -0.2) is 8.42 Å². The molecule has 1 amide bonds. The van der Waals surface area contributed by atoms with Gasteiger partial charge in [0.15, 0.2) is 11.5 Å². The molecular weight excluding hydrogens is 320 g/mol. The molecule has 0 bridgehead atoms. The van der Waals surface area contributed by atoms with Crippen molar-refractivity contribution in [3.8, 4) is 11.5 Å². The lowest BCUT2D eigenvalue weighted by molar-refractivity contribution is -0.121. The highest BCUT2D eigenvalue weighted by Gasteiger charge is 2.29. The number of fused-ring (bicyclic) bond motifs is 1.